The van der Waals surface area contributed by atoms with Crippen molar-refractivity contribution in [3.8, 4) is 0 Å². The van der Waals surface area contributed by atoms with E-state index >= 15 is 0 Å². The Bertz CT molecular complexity index is 378. The summed E-state index contributed by atoms with van der Waals surface area (Å²) < 4.78 is 0. The van der Waals surface area contributed by atoms with Gasteiger partial charge in [-0.1, -0.05) is 19.1 Å². The molecule has 1 atom stereocenters. The average molecular weight is 250 g/mol. The zero-order valence-electron chi connectivity index (χ0n) is 10.8. The van der Waals surface area contributed by atoms with Crippen LogP contribution in [0.5, 0.6) is 0 Å². The van der Waals surface area contributed by atoms with Gasteiger partial charge in [0.25, 0.3) is 0 Å². The van der Waals surface area contributed by atoms with Crippen LogP contribution in [0.25, 0.3) is 0 Å². The summed E-state index contributed by atoms with van der Waals surface area (Å²) in [5, 5.41) is 0.742. The molecule has 3 heteroatoms. The third-order valence-electron chi connectivity index (χ3n) is 3.28. The number of hydrogen-bond donors (Lipinski definition) is 1. The van der Waals surface area contributed by atoms with Crippen LogP contribution in [0, 0.1) is 6.92 Å². The molecular formula is C14H22N2S. The van der Waals surface area contributed by atoms with E-state index in [9.17, 15) is 0 Å². The highest BCUT2D eigenvalue weighted by Crippen LogP contribution is 2.27. The van der Waals surface area contributed by atoms with Crippen molar-refractivity contribution in [3.05, 3.63) is 29.3 Å². The van der Waals surface area contributed by atoms with Crippen molar-refractivity contribution >= 4 is 17.4 Å². The van der Waals surface area contributed by atoms with Crippen LogP contribution in [0.2, 0.25) is 0 Å². The Morgan fingerprint density at radius 2 is 2.29 bits per heavy atom. The molecule has 0 bridgehead atoms. The van der Waals surface area contributed by atoms with E-state index in [4.69, 9.17) is 5.73 Å². The Balaban J connectivity index is 2.15. The summed E-state index contributed by atoms with van der Waals surface area (Å²) in [5.74, 6) is 1.24. The van der Waals surface area contributed by atoms with Crippen LogP contribution in [-0.4, -0.2) is 30.6 Å². The number of rotatable bonds is 3. The first-order chi connectivity index (χ1) is 8.20. The fraction of sp³-hybridized carbons (Fsp3) is 0.571. The first-order valence-corrected chi connectivity index (χ1v) is 7.41. The van der Waals surface area contributed by atoms with E-state index in [0.29, 0.717) is 0 Å². The predicted molar refractivity (Wildman–Crippen MR) is 78.1 cm³/mol. The van der Waals surface area contributed by atoms with E-state index in [1.165, 1.54) is 35.7 Å². The molecule has 0 aliphatic carbocycles. The molecule has 94 valence electrons. The normalized spacial score (nSPS) is 20.6. The first kappa shape index (κ1) is 12.8. The van der Waals surface area contributed by atoms with Crippen LogP contribution >= 0.6 is 11.8 Å². The second kappa shape index (κ2) is 5.78. The quantitative estimate of drug-likeness (QED) is 0.893. The highest BCUT2D eigenvalue weighted by Gasteiger charge is 2.18. The summed E-state index contributed by atoms with van der Waals surface area (Å²) in [4.78, 5) is 2.52. The smallest absolute Gasteiger partial charge is 0.0396 e. The number of aryl methyl sites for hydroxylation is 1. The second-order valence-electron chi connectivity index (χ2n) is 4.79. The van der Waals surface area contributed by atoms with Gasteiger partial charge in [-0.05, 0) is 37.1 Å². The van der Waals surface area contributed by atoms with Crippen molar-refractivity contribution in [2.24, 2.45) is 5.73 Å². The second-order valence-corrected chi connectivity index (χ2v) is 6.33. The van der Waals surface area contributed by atoms with Crippen molar-refractivity contribution in [2.45, 2.75) is 25.5 Å². The number of benzene rings is 1. The third-order valence-corrected chi connectivity index (χ3v) is 4.41. The molecule has 1 aromatic rings. The van der Waals surface area contributed by atoms with Crippen LogP contribution in [0.4, 0.5) is 5.69 Å². The Morgan fingerprint density at radius 1 is 1.47 bits per heavy atom. The molecule has 1 aromatic carbocycles. The molecule has 1 unspecified atom stereocenters. The number of anilines is 1. The molecule has 2 nitrogen and oxygen atoms in total. The van der Waals surface area contributed by atoms with Gasteiger partial charge in [-0.25, -0.2) is 0 Å². The average Bonchev–Trinajstić information content (AvgIpc) is 2.29. The minimum absolute atomic E-state index is 0.732. The molecule has 17 heavy (non-hydrogen) atoms. The molecule has 0 saturated carbocycles. The highest BCUT2D eigenvalue weighted by molar-refractivity contribution is 8.00. The molecule has 2 rings (SSSR count). The monoisotopic (exact) mass is 250 g/mol. The van der Waals surface area contributed by atoms with Gasteiger partial charge >= 0.3 is 0 Å². The van der Waals surface area contributed by atoms with Gasteiger partial charge in [-0.3, -0.25) is 0 Å². The summed E-state index contributed by atoms with van der Waals surface area (Å²) in [5.41, 5.74) is 9.74. The van der Waals surface area contributed by atoms with Crippen molar-refractivity contribution in [1.29, 1.82) is 0 Å². The molecule has 0 amide bonds. The van der Waals surface area contributed by atoms with Crippen molar-refractivity contribution in [3.63, 3.8) is 0 Å². The molecule has 1 heterocycles. The van der Waals surface area contributed by atoms with Crippen LogP contribution < -0.4 is 10.6 Å². The Labute approximate surface area is 109 Å². The van der Waals surface area contributed by atoms with Gasteiger partial charge in [0.05, 0.1) is 0 Å². The lowest BCUT2D eigenvalue weighted by molar-refractivity contribution is 0.779. The molecule has 1 aliphatic rings. The molecule has 1 saturated heterocycles. The topological polar surface area (TPSA) is 29.3 Å². The molecule has 1 aliphatic heterocycles. The fourth-order valence-corrected chi connectivity index (χ4v) is 3.45. The Kier molecular flexibility index (Phi) is 4.35. The van der Waals surface area contributed by atoms with Crippen molar-refractivity contribution in [1.82, 2.24) is 0 Å². The maximum Gasteiger partial charge on any atom is 0.0396 e. The van der Waals surface area contributed by atoms with Crippen LogP contribution in [-0.2, 0) is 6.42 Å². The Hall–Kier alpha value is -0.670. The minimum atomic E-state index is 0.732. The molecule has 0 aromatic heterocycles. The van der Waals surface area contributed by atoms with Gasteiger partial charge in [0.15, 0.2) is 0 Å². The predicted octanol–water partition coefficient (Wildman–Crippen LogP) is 2.44. The number of nitrogens with two attached hydrogens (primary N) is 1. The van der Waals surface area contributed by atoms with E-state index in [-0.39, 0.29) is 0 Å². The van der Waals surface area contributed by atoms with Crippen LogP contribution in [0.3, 0.4) is 0 Å². The van der Waals surface area contributed by atoms with E-state index in [2.05, 4.69) is 48.7 Å². The summed E-state index contributed by atoms with van der Waals surface area (Å²) in [7, 11) is 0. The van der Waals surface area contributed by atoms with E-state index in [1.807, 2.05) is 0 Å². The summed E-state index contributed by atoms with van der Waals surface area (Å²) in [6.07, 6.45) is 0.980. The largest absolute Gasteiger partial charge is 0.369 e. The van der Waals surface area contributed by atoms with Gasteiger partial charge in [-0.2, -0.15) is 11.8 Å². The van der Waals surface area contributed by atoms with Crippen LogP contribution in [0.15, 0.2) is 18.2 Å². The third kappa shape index (κ3) is 3.17. The lowest BCUT2D eigenvalue weighted by atomic mass is 10.1. The number of hydrogen-bond acceptors (Lipinski definition) is 3. The first-order valence-electron chi connectivity index (χ1n) is 6.37. The lowest BCUT2D eigenvalue weighted by Crippen LogP contribution is -2.37. The van der Waals surface area contributed by atoms with E-state index in [0.717, 1.165) is 18.2 Å². The molecule has 0 radical (unpaired) electrons. The van der Waals surface area contributed by atoms with Gasteiger partial charge in [0, 0.05) is 29.8 Å². The molecule has 0 spiro atoms. The fourth-order valence-electron chi connectivity index (χ4n) is 2.43. The van der Waals surface area contributed by atoms with E-state index < -0.39 is 0 Å². The van der Waals surface area contributed by atoms with E-state index in [1.54, 1.807) is 0 Å². The number of thioether (sulfide) groups is 1. The minimum Gasteiger partial charge on any atom is -0.369 e. The summed E-state index contributed by atoms with van der Waals surface area (Å²) in [6.45, 7) is 7.60. The molecule has 1 fully saturated rings. The maximum atomic E-state index is 5.60. The molecular weight excluding hydrogens is 228 g/mol. The van der Waals surface area contributed by atoms with Crippen LogP contribution in [0.1, 0.15) is 18.1 Å². The lowest BCUT2D eigenvalue weighted by Gasteiger charge is -2.33. The number of nitrogens with zero attached hydrogens (tertiary/aromatic N) is 1. The summed E-state index contributed by atoms with van der Waals surface area (Å²) in [6, 6.07) is 6.78. The zero-order valence-corrected chi connectivity index (χ0v) is 11.6. The standard InChI is InChI=1S/C14H22N2S/c1-11-9-13(5-6-15)3-4-14(11)16-7-8-17-12(2)10-16/h3-4,9,12H,5-8,10,15H2,1-2H3. The van der Waals surface area contributed by atoms with Gasteiger partial charge in [-0.15, -0.1) is 0 Å². The van der Waals surface area contributed by atoms with Crippen molar-refractivity contribution in [2.75, 3.05) is 30.3 Å². The van der Waals surface area contributed by atoms with Gasteiger partial charge in [0.1, 0.15) is 0 Å². The Morgan fingerprint density at radius 3 is 2.94 bits per heavy atom. The zero-order chi connectivity index (χ0) is 12.3. The molecule has 2 N–H and O–H groups in total. The van der Waals surface area contributed by atoms with Crippen molar-refractivity contribution < 1.29 is 0 Å². The maximum absolute atomic E-state index is 5.60. The highest BCUT2D eigenvalue weighted by atomic mass is 32.2. The van der Waals surface area contributed by atoms with Gasteiger partial charge in [0.2, 0.25) is 0 Å². The SMILES string of the molecule is Cc1cc(CCN)ccc1N1CCSC(C)C1. The summed E-state index contributed by atoms with van der Waals surface area (Å²) >= 11 is 2.08. The van der Waals surface area contributed by atoms with Gasteiger partial charge < -0.3 is 10.6 Å².